The van der Waals surface area contributed by atoms with Gasteiger partial charge in [0, 0.05) is 34.4 Å². The van der Waals surface area contributed by atoms with Gasteiger partial charge in [0.15, 0.2) is 0 Å². The number of nitrogens with one attached hydrogen (secondary N) is 1. The van der Waals surface area contributed by atoms with Gasteiger partial charge in [0.05, 0.1) is 0 Å². The van der Waals surface area contributed by atoms with Crippen LogP contribution in [0.5, 0.6) is 0 Å². The van der Waals surface area contributed by atoms with Gasteiger partial charge in [-0.2, -0.15) is 0 Å². The van der Waals surface area contributed by atoms with Crippen molar-refractivity contribution in [2.24, 2.45) is 0 Å². The highest BCUT2D eigenvalue weighted by molar-refractivity contribution is 7.11. The summed E-state index contributed by atoms with van der Waals surface area (Å²) in [7, 11) is 0. The molecule has 1 aliphatic rings. The highest BCUT2D eigenvalue weighted by Gasteiger charge is 2.23. The van der Waals surface area contributed by atoms with Gasteiger partial charge in [0.25, 0.3) is 0 Å². The fourth-order valence-electron chi connectivity index (χ4n) is 2.72. The topological polar surface area (TPSA) is 15.3 Å². The van der Waals surface area contributed by atoms with Crippen LogP contribution in [0, 0.1) is 0 Å². The van der Waals surface area contributed by atoms with Crippen molar-refractivity contribution in [2.75, 3.05) is 6.54 Å². The van der Waals surface area contributed by atoms with E-state index in [-0.39, 0.29) is 5.54 Å². The number of thiophene rings is 1. The van der Waals surface area contributed by atoms with Gasteiger partial charge >= 0.3 is 0 Å². The first-order valence-electron chi connectivity index (χ1n) is 7.54. The third kappa shape index (κ3) is 4.59. The highest BCUT2D eigenvalue weighted by atomic mass is 32.1. The van der Waals surface area contributed by atoms with Crippen LogP contribution in [0.15, 0.2) is 12.1 Å². The minimum absolute atomic E-state index is 0.201. The summed E-state index contributed by atoms with van der Waals surface area (Å²) in [4.78, 5) is 5.63. The SMILES string of the molecule is CCC1CCCN1Cc1ccc(CNC(C)(C)C)s1. The van der Waals surface area contributed by atoms with Gasteiger partial charge in [-0.3, -0.25) is 4.90 Å². The van der Waals surface area contributed by atoms with Gasteiger partial charge in [-0.1, -0.05) is 6.92 Å². The van der Waals surface area contributed by atoms with E-state index < -0.39 is 0 Å². The Morgan fingerprint density at radius 1 is 1.32 bits per heavy atom. The molecular formula is C16H28N2S. The largest absolute Gasteiger partial charge is 0.307 e. The highest BCUT2D eigenvalue weighted by Crippen LogP contribution is 2.25. The standard InChI is InChI=1S/C16H28N2S/c1-5-13-7-6-10-18(13)12-15-9-8-14(19-15)11-17-16(2,3)4/h8-9,13,17H,5-7,10-12H2,1-4H3. The Hall–Kier alpha value is -0.380. The zero-order valence-corrected chi connectivity index (χ0v) is 13.6. The van der Waals surface area contributed by atoms with E-state index in [9.17, 15) is 0 Å². The van der Waals surface area contributed by atoms with Gasteiger partial charge in [-0.05, 0) is 58.7 Å². The van der Waals surface area contributed by atoms with E-state index >= 15 is 0 Å². The predicted octanol–water partition coefficient (Wildman–Crippen LogP) is 4.01. The molecule has 0 radical (unpaired) electrons. The number of hydrogen-bond donors (Lipinski definition) is 1. The Labute approximate surface area is 122 Å². The second kappa shape index (κ2) is 6.38. The average molecular weight is 280 g/mol. The average Bonchev–Trinajstić information content (AvgIpc) is 2.95. The Morgan fingerprint density at radius 3 is 2.74 bits per heavy atom. The first kappa shape index (κ1) is 15.0. The zero-order valence-electron chi connectivity index (χ0n) is 12.8. The van der Waals surface area contributed by atoms with Crippen molar-refractivity contribution in [3.63, 3.8) is 0 Å². The molecule has 2 rings (SSSR count). The summed E-state index contributed by atoms with van der Waals surface area (Å²) in [6.45, 7) is 12.4. The lowest BCUT2D eigenvalue weighted by atomic mass is 10.1. The molecule has 1 N–H and O–H groups in total. The summed E-state index contributed by atoms with van der Waals surface area (Å²) in [5.41, 5.74) is 0.201. The fourth-order valence-corrected chi connectivity index (χ4v) is 3.70. The number of rotatable bonds is 5. The molecule has 1 aromatic heterocycles. The van der Waals surface area contributed by atoms with Crippen molar-refractivity contribution in [3.05, 3.63) is 21.9 Å². The van der Waals surface area contributed by atoms with E-state index in [1.807, 2.05) is 11.3 Å². The first-order chi connectivity index (χ1) is 8.98. The summed E-state index contributed by atoms with van der Waals surface area (Å²) in [5, 5.41) is 3.56. The number of hydrogen-bond acceptors (Lipinski definition) is 3. The van der Waals surface area contributed by atoms with Crippen LogP contribution in [-0.4, -0.2) is 23.0 Å². The molecule has 1 aliphatic heterocycles. The maximum Gasteiger partial charge on any atom is 0.0330 e. The van der Waals surface area contributed by atoms with Crippen LogP contribution in [-0.2, 0) is 13.1 Å². The van der Waals surface area contributed by atoms with E-state index in [0.717, 1.165) is 19.1 Å². The molecule has 1 aromatic rings. The summed E-state index contributed by atoms with van der Waals surface area (Å²) >= 11 is 1.97. The molecular weight excluding hydrogens is 252 g/mol. The third-order valence-corrected chi connectivity index (χ3v) is 4.91. The normalized spacial score (nSPS) is 21.2. The zero-order chi connectivity index (χ0) is 13.9. The maximum atomic E-state index is 3.56. The molecule has 3 heteroatoms. The van der Waals surface area contributed by atoms with E-state index in [1.54, 1.807) is 0 Å². The molecule has 2 heterocycles. The van der Waals surface area contributed by atoms with Crippen LogP contribution in [0.1, 0.15) is 56.7 Å². The Bertz CT molecular complexity index is 392. The maximum absolute atomic E-state index is 3.56. The Morgan fingerprint density at radius 2 is 2.05 bits per heavy atom. The molecule has 1 saturated heterocycles. The first-order valence-corrected chi connectivity index (χ1v) is 8.36. The Kier molecular flexibility index (Phi) is 5.04. The molecule has 0 bridgehead atoms. The summed E-state index contributed by atoms with van der Waals surface area (Å²) in [5.74, 6) is 0. The molecule has 0 aromatic carbocycles. The quantitative estimate of drug-likeness (QED) is 0.876. The van der Waals surface area contributed by atoms with Gasteiger partial charge in [-0.25, -0.2) is 0 Å². The molecule has 108 valence electrons. The minimum Gasteiger partial charge on any atom is -0.307 e. The summed E-state index contributed by atoms with van der Waals surface area (Å²) < 4.78 is 0. The van der Waals surface area contributed by atoms with Crippen LogP contribution < -0.4 is 5.32 Å². The van der Waals surface area contributed by atoms with E-state index in [2.05, 4.69) is 50.0 Å². The molecule has 19 heavy (non-hydrogen) atoms. The minimum atomic E-state index is 0.201. The number of nitrogens with zero attached hydrogens (tertiary/aromatic N) is 1. The second-order valence-electron chi connectivity index (χ2n) is 6.65. The van der Waals surface area contributed by atoms with E-state index in [1.165, 1.54) is 35.6 Å². The van der Waals surface area contributed by atoms with E-state index in [4.69, 9.17) is 0 Å². The lowest BCUT2D eigenvalue weighted by Crippen LogP contribution is -2.34. The van der Waals surface area contributed by atoms with Gasteiger partial charge in [0.2, 0.25) is 0 Å². The van der Waals surface area contributed by atoms with E-state index in [0.29, 0.717) is 0 Å². The van der Waals surface area contributed by atoms with Gasteiger partial charge in [0.1, 0.15) is 0 Å². The second-order valence-corrected chi connectivity index (χ2v) is 7.90. The van der Waals surface area contributed by atoms with Crippen LogP contribution in [0.25, 0.3) is 0 Å². The summed E-state index contributed by atoms with van der Waals surface area (Å²) in [6, 6.07) is 5.42. The molecule has 2 nitrogen and oxygen atoms in total. The molecule has 1 fully saturated rings. The van der Waals surface area contributed by atoms with Gasteiger partial charge < -0.3 is 5.32 Å². The van der Waals surface area contributed by atoms with Crippen molar-refractivity contribution in [1.82, 2.24) is 10.2 Å². The molecule has 0 amide bonds. The molecule has 0 spiro atoms. The lowest BCUT2D eigenvalue weighted by molar-refractivity contribution is 0.242. The van der Waals surface area contributed by atoms with Crippen molar-refractivity contribution >= 4 is 11.3 Å². The molecule has 0 aliphatic carbocycles. The smallest absolute Gasteiger partial charge is 0.0330 e. The number of likely N-dealkylation sites (tertiary alicyclic amines) is 1. The molecule has 1 atom stereocenters. The third-order valence-electron chi connectivity index (χ3n) is 3.84. The van der Waals surface area contributed by atoms with Crippen molar-refractivity contribution in [2.45, 2.75) is 71.6 Å². The summed E-state index contributed by atoms with van der Waals surface area (Å²) in [6.07, 6.45) is 4.06. The fraction of sp³-hybridized carbons (Fsp3) is 0.750. The van der Waals surface area contributed by atoms with Gasteiger partial charge in [-0.15, -0.1) is 11.3 Å². The van der Waals surface area contributed by atoms with Crippen LogP contribution in [0.3, 0.4) is 0 Å². The van der Waals surface area contributed by atoms with Crippen LogP contribution in [0.4, 0.5) is 0 Å². The van der Waals surface area contributed by atoms with Crippen molar-refractivity contribution in [1.29, 1.82) is 0 Å². The Balaban J connectivity index is 1.87. The van der Waals surface area contributed by atoms with Crippen molar-refractivity contribution in [3.8, 4) is 0 Å². The molecule has 1 unspecified atom stereocenters. The van der Waals surface area contributed by atoms with Crippen LogP contribution in [0.2, 0.25) is 0 Å². The molecule has 0 saturated carbocycles. The van der Waals surface area contributed by atoms with Crippen LogP contribution >= 0.6 is 11.3 Å². The monoisotopic (exact) mass is 280 g/mol. The predicted molar refractivity (Wildman–Crippen MR) is 84.6 cm³/mol. The lowest BCUT2D eigenvalue weighted by Gasteiger charge is -2.22. The van der Waals surface area contributed by atoms with Crippen molar-refractivity contribution < 1.29 is 0 Å².